The Bertz CT molecular complexity index is 196. The SMILES string of the molecule is C[C@H]1CC(=O)C=C[C@@]1(C)CO. The molecule has 11 heavy (non-hydrogen) atoms. The Morgan fingerprint density at radius 3 is 2.91 bits per heavy atom. The monoisotopic (exact) mass is 154 g/mol. The Labute approximate surface area is 66.9 Å². The fourth-order valence-electron chi connectivity index (χ4n) is 1.26. The van der Waals surface area contributed by atoms with Crippen molar-refractivity contribution in [3.8, 4) is 0 Å². The van der Waals surface area contributed by atoms with Crippen LogP contribution >= 0.6 is 0 Å². The van der Waals surface area contributed by atoms with Crippen molar-refractivity contribution in [2.24, 2.45) is 11.3 Å². The van der Waals surface area contributed by atoms with Crippen molar-refractivity contribution >= 4 is 5.78 Å². The second-order valence-corrected chi connectivity index (χ2v) is 3.57. The van der Waals surface area contributed by atoms with E-state index in [0.717, 1.165) is 0 Å². The third-order valence-corrected chi connectivity index (χ3v) is 2.62. The Balaban J connectivity index is 2.83. The normalized spacial score (nSPS) is 37.7. The van der Waals surface area contributed by atoms with Gasteiger partial charge in [0.1, 0.15) is 0 Å². The quantitative estimate of drug-likeness (QED) is 0.615. The zero-order chi connectivity index (χ0) is 8.48. The second kappa shape index (κ2) is 2.78. The summed E-state index contributed by atoms with van der Waals surface area (Å²) in [5, 5.41) is 9.04. The zero-order valence-corrected chi connectivity index (χ0v) is 7.00. The van der Waals surface area contributed by atoms with E-state index in [1.54, 1.807) is 6.08 Å². The number of carbonyl (C=O) groups excluding carboxylic acids is 1. The lowest BCUT2D eigenvalue weighted by Gasteiger charge is -2.32. The number of aliphatic hydroxyl groups is 1. The number of rotatable bonds is 1. The molecule has 0 bridgehead atoms. The van der Waals surface area contributed by atoms with Gasteiger partial charge in [0.2, 0.25) is 0 Å². The summed E-state index contributed by atoms with van der Waals surface area (Å²) < 4.78 is 0. The van der Waals surface area contributed by atoms with Crippen molar-refractivity contribution in [3.05, 3.63) is 12.2 Å². The van der Waals surface area contributed by atoms with Gasteiger partial charge in [0.15, 0.2) is 5.78 Å². The van der Waals surface area contributed by atoms with Gasteiger partial charge in [-0.05, 0) is 12.0 Å². The standard InChI is InChI=1S/C9H14O2/c1-7-5-8(11)3-4-9(7,2)6-10/h3-4,7,10H,5-6H2,1-2H3/t7-,9-/m0/s1. The highest BCUT2D eigenvalue weighted by molar-refractivity contribution is 5.90. The molecular formula is C9H14O2. The van der Waals surface area contributed by atoms with Gasteiger partial charge in [-0.2, -0.15) is 0 Å². The Kier molecular flexibility index (Phi) is 2.14. The molecule has 1 aliphatic carbocycles. The van der Waals surface area contributed by atoms with Crippen LogP contribution in [0.4, 0.5) is 0 Å². The van der Waals surface area contributed by atoms with Crippen LogP contribution in [0.3, 0.4) is 0 Å². The highest BCUT2D eigenvalue weighted by Gasteiger charge is 2.31. The molecule has 0 unspecified atom stereocenters. The molecule has 0 aromatic carbocycles. The third-order valence-electron chi connectivity index (χ3n) is 2.62. The molecule has 0 aromatic heterocycles. The molecular weight excluding hydrogens is 140 g/mol. The van der Waals surface area contributed by atoms with E-state index in [0.29, 0.717) is 6.42 Å². The molecule has 62 valence electrons. The van der Waals surface area contributed by atoms with Crippen LogP contribution in [0, 0.1) is 11.3 Å². The Hall–Kier alpha value is -0.630. The maximum absolute atomic E-state index is 10.9. The molecule has 2 atom stereocenters. The van der Waals surface area contributed by atoms with Gasteiger partial charge in [0.05, 0.1) is 6.61 Å². The molecule has 2 heteroatoms. The lowest BCUT2D eigenvalue weighted by molar-refractivity contribution is -0.117. The van der Waals surface area contributed by atoms with Crippen LogP contribution in [0.5, 0.6) is 0 Å². The second-order valence-electron chi connectivity index (χ2n) is 3.57. The first-order valence-electron chi connectivity index (χ1n) is 3.91. The number of allylic oxidation sites excluding steroid dienone is 1. The van der Waals surface area contributed by atoms with E-state index >= 15 is 0 Å². The fraction of sp³-hybridized carbons (Fsp3) is 0.667. The summed E-state index contributed by atoms with van der Waals surface area (Å²) in [6, 6.07) is 0. The third kappa shape index (κ3) is 1.51. The minimum absolute atomic E-state index is 0.123. The van der Waals surface area contributed by atoms with Crippen LogP contribution < -0.4 is 0 Å². The summed E-state index contributed by atoms with van der Waals surface area (Å²) in [6.45, 7) is 4.09. The molecule has 0 fully saturated rings. The Morgan fingerprint density at radius 2 is 2.45 bits per heavy atom. The summed E-state index contributed by atoms with van der Waals surface area (Å²) in [5.74, 6) is 0.424. The summed E-state index contributed by atoms with van der Waals surface area (Å²) >= 11 is 0. The Morgan fingerprint density at radius 1 is 1.82 bits per heavy atom. The fourth-order valence-corrected chi connectivity index (χ4v) is 1.26. The first-order valence-corrected chi connectivity index (χ1v) is 3.91. The van der Waals surface area contributed by atoms with E-state index in [1.807, 2.05) is 19.9 Å². The number of carbonyl (C=O) groups is 1. The molecule has 0 amide bonds. The van der Waals surface area contributed by atoms with Gasteiger partial charge in [-0.15, -0.1) is 0 Å². The lowest BCUT2D eigenvalue weighted by atomic mass is 9.73. The molecule has 0 spiro atoms. The average Bonchev–Trinajstić information content (AvgIpc) is 1.98. The smallest absolute Gasteiger partial charge is 0.155 e. The molecule has 1 aliphatic rings. The van der Waals surface area contributed by atoms with Crippen LogP contribution in [0.25, 0.3) is 0 Å². The predicted molar refractivity (Wildman–Crippen MR) is 43.1 cm³/mol. The van der Waals surface area contributed by atoms with E-state index in [9.17, 15) is 4.79 Å². The van der Waals surface area contributed by atoms with E-state index in [-0.39, 0.29) is 23.7 Å². The molecule has 0 aromatic rings. The molecule has 0 aliphatic heterocycles. The predicted octanol–water partition coefficient (Wildman–Crippen LogP) is 1.15. The van der Waals surface area contributed by atoms with Gasteiger partial charge < -0.3 is 5.11 Å². The first-order chi connectivity index (χ1) is 5.08. The summed E-state index contributed by atoms with van der Waals surface area (Å²) in [6.07, 6.45) is 3.97. The van der Waals surface area contributed by atoms with Gasteiger partial charge in [-0.3, -0.25) is 4.79 Å². The summed E-state index contributed by atoms with van der Waals surface area (Å²) in [7, 11) is 0. The number of hydrogen-bond donors (Lipinski definition) is 1. The summed E-state index contributed by atoms with van der Waals surface area (Å²) in [5.41, 5.74) is -0.187. The van der Waals surface area contributed by atoms with Crippen LogP contribution in [0.2, 0.25) is 0 Å². The van der Waals surface area contributed by atoms with Crippen LogP contribution in [-0.4, -0.2) is 17.5 Å². The van der Waals surface area contributed by atoms with Crippen molar-refractivity contribution in [1.29, 1.82) is 0 Å². The minimum atomic E-state index is -0.187. The number of hydrogen-bond acceptors (Lipinski definition) is 2. The lowest BCUT2D eigenvalue weighted by Crippen LogP contribution is -2.31. The number of aliphatic hydroxyl groups excluding tert-OH is 1. The van der Waals surface area contributed by atoms with Gasteiger partial charge in [-0.1, -0.05) is 19.9 Å². The van der Waals surface area contributed by atoms with Crippen molar-refractivity contribution in [2.75, 3.05) is 6.61 Å². The molecule has 0 saturated carbocycles. The molecule has 0 radical (unpaired) electrons. The minimum Gasteiger partial charge on any atom is -0.395 e. The largest absolute Gasteiger partial charge is 0.395 e. The van der Waals surface area contributed by atoms with E-state index in [1.165, 1.54) is 0 Å². The van der Waals surface area contributed by atoms with Crippen molar-refractivity contribution in [2.45, 2.75) is 20.3 Å². The molecule has 2 nitrogen and oxygen atoms in total. The highest BCUT2D eigenvalue weighted by Crippen LogP contribution is 2.34. The molecule has 1 rings (SSSR count). The van der Waals surface area contributed by atoms with Gasteiger partial charge in [0.25, 0.3) is 0 Å². The zero-order valence-electron chi connectivity index (χ0n) is 7.00. The highest BCUT2D eigenvalue weighted by atomic mass is 16.3. The maximum Gasteiger partial charge on any atom is 0.155 e. The summed E-state index contributed by atoms with van der Waals surface area (Å²) in [4.78, 5) is 10.9. The average molecular weight is 154 g/mol. The van der Waals surface area contributed by atoms with Crippen LogP contribution in [0.15, 0.2) is 12.2 Å². The topological polar surface area (TPSA) is 37.3 Å². The number of ketones is 1. The van der Waals surface area contributed by atoms with Crippen molar-refractivity contribution in [1.82, 2.24) is 0 Å². The van der Waals surface area contributed by atoms with E-state index in [2.05, 4.69) is 0 Å². The van der Waals surface area contributed by atoms with Gasteiger partial charge in [0, 0.05) is 11.8 Å². The molecule has 1 N–H and O–H groups in total. The molecule has 0 saturated heterocycles. The van der Waals surface area contributed by atoms with Crippen LogP contribution in [0.1, 0.15) is 20.3 Å². The van der Waals surface area contributed by atoms with Crippen molar-refractivity contribution in [3.63, 3.8) is 0 Å². The first kappa shape index (κ1) is 8.47. The van der Waals surface area contributed by atoms with Gasteiger partial charge in [-0.25, -0.2) is 0 Å². The maximum atomic E-state index is 10.9. The molecule has 0 heterocycles. The van der Waals surface area contributed by atoms with Gasteiger partial charge >= 0.3 is 0 Å². The van der Waals surface area contributed by atoms with E-state index in [4.69, 9.17) is 5.11 Å². The van der Waals surface area contributed by atoms with Crippen molar-refractivity contribution < 1.29 is 9.90 Å². The van der Waals surface area contributed by atoms with Crippen LogP contribution in [-0.2, 0) is 4.79 Å². The van der Waals surface area contributed by atoms with E-state index < -0.39 is 0 Å².